The topological polar surface area (TPSA) is 90.5 Å². The molecule has 0 unspecified atom stereocenters. The highest BCUT2D eigenvalue weighted by Gasteiger charge is 2.62. The van der Waals surface area contributed by atoms with Crippen LogP contribution in [-0.2, 0) is 10.8 Å². The highest BCUT2D eigenvalue weighted by Crippen LogP contribution is 2.65. The van der Waals surface area contributed by atoms with E-state index in [2.05, 4.69) is 133 Å². The first-order chi connectivity index (χ1) is 31.2. The monoisotopic (exact) mass is 806 g/mol. The number of nitrogens with zero attached hydrogens (tertiary/aromatic N) is 6. The molecule has 0 spiro atoms. The fourth-order valence-corrected chi connectivity index (χ4v) is 10.2. The van der Waals surface area contributed by atoms with E-state index in [4.69, 9.17) is 34.3 Å². The molecule has 3 heterocycles. The maximum Gasteiger partial charge on any atom is 0.163 e. The molecule has 0 saturated heterocycles. The highest BCUT2D eigenvalue weighted by molar-refractivity contribution is 6.05. The quantitative estimate of drug-likeness (QED) is 0.165. The highest BCUT2D eigenvalue weighted by atomic mass is 16.3. The molecule has 63 heavy (non-hydrogen) atoms. The smallest absolute Gasteiger partial charge is 0.163 e. The number of rotatable bonds is 6. The Bertz CT molecular complexity index is 3410. The van der Waals surface area contributed by atoms with Gasteiger partial charge in [0.1, 0.15) is 22.0 Å². The van der Waals surface area contributed by atoms with Crippen LogP contribution >= 0.6 is 0 Å². The second-order valence-electron chi connectivity index (χ2n) is 16.2. The van der Waals surface area contributed by atoms with Gasteiger partial charge in [-0.1, -0.05) is 188 Å². The van der Waals surface area contributed by atoms with E-state index in [0.717, 1.165) is 77.6 Å². The zero-order valence-electron chi connectivity index (χ0n) is 33.7. The molecule has 2 bridgehead atoms. The zero-order valence-corrected chi connectivity index (χ0v) is 33.7. The summed E-state index contributed by atoms with van der Waals surface area (Å²) in [4.78, 5) is 32.4. The predicted octanol–water partition coefficient (Wildman–Crippen LogP) is 12.0. The van der Waals surface area contributed by atoms with E-state index in [1.165, 1.54) is 0 Å². The summed E-state index contributed by atoms with van der Waals surface area (Å²) in [5.74, 6) is 3.64. The molecule has 0 aliphatic heterocycles. The van der Waals surface area contributed by atoms with Gasteiger partial charge in [0.25, 0.3) is 0 Å². The van der Waals surface area contributed by atoms with Gasteiger partial charge in [-0.2, -0.15) is 0 Å². The first kappa shape index (κ1) is 35.3. The van der Waals surface area contributed by atoms with Crippen LogP contribution in [0.1, 0.15) is 45.0 Å². The van der Waals surface area contributed by atoms with E-state index in [1.54, 1.807) is 0 Å². The summed E-state index contributed by atoms with van der Waals surface area (Å²) in [6.07, 6.45) is 0. The number of aromatic nitrogens is 6. The Kier molecular flexibility index (Phi) is 7.60. The van der Waals surface area contributed by atoms with Crippen LogP contribution in [0.15, 0.2) is 211 Å². The van der Waals surface area contributed by atoms with Gasteiger partial charge in [-0.3, -0.25) is 0 Å². The molecule has 14 rings (SSSR count). The molecule has 0 radical (unpaired) electrons. The van der Waals surface area contributed by atoms with Crippen LogP contribution in [0.5, 0.6) is 0 Å². The van der Waals surface area contributed by atoms with Crippen molar-refractivity contribution in [2.24, 2.45) is 0 Å². The maximum absolute atomic E-state index is 6.40. The van der Waals surface area contributed by atoms with Crippen LogP contribution in [0.25, 0.3) is 67.5 Å². The number of hydrogen-bond donors (Lipinski definition) is 0. The maximum atomic E-state index is 6.40. The lowest BCUT2D eigenvalue weighted by Gasteiger charge is -2.55. The normalized spacial score (nSPS) is 17.0. The molecule has 8 aromatic carbocycles. The molecule has 294 valence electrons. The average molecular weight is 807 g/mol. The Hall–Kier alpha value is -8.42. The summed E-state index contributed by atoms with van der Waals surface area (Å²) in [5.41, 5.74) is 9.70. The molecule has 3 aliphatic rings. The zero-order chi connectivity index (χ0) is 41.5. The SMILES string of the molecule is c1ccc(-c2nc(-c3ccccc3)nc(C34c5ccccc5C(c5nc(-c6ccccc6)nc(-c6ccc7c(c6)oc6ccccc67)n5)(c5ccccc53)c3ccccc34)n2)cc1. The molecule has 11 aromatic rings. The molecular formula is C56H34N6O. The van der Waals surface area contributed by atoms with Gasteiger partial charge in [-0.15, -0.1) is 0 Å². The Labute approximate surface area is 362 Å². The van der Waals surface area contributed by atoms with Gasteiger partial charge >= 0.3 is 0 Å². The van der Waals surface area contributed by atoms with E-state index < -0.39 is 10.8 Å². The fourth-order valence-electron chi connectivity index (χ4n) is 10.2. The summed E-state index contributed by atoms with van der Waals surface area (Å²) in [6.45, 7) is 0. The van der Waals surface area contributed by atoms with Gasteiger partial charge in [0.05, 0.1) is 0 Å². The van der Waals surface area contributed by atoms with Crippen LogP contribution in [0, 0.1) is 0 Å². The number of furan rings is 1. The molecule has 0 saturated carbocycles. The molecule has 3 aliphatic carbocycles. The van der Waals surface area contributed by atoms with Crippen LogP contribution in [0.2, 0.25) is 0 Å². The summed E-state index contributed by atoms with van der Waals surface area (Å²) in [7, 11) is 0. The molecule has 0 atom stereocenters. The molecule has 7 heteroatoms. The fraction of sp³-hybridized carbons (Fsp3) is 0.0357. The van der Waals surface area contributed by atoms with Crippen molar-refractivity contribution in [3.05, 3.63) is 251 Å². The van der Waals surface area contributed by atoms with Crippen molar-refractivity contribution in [3.8, 4) is 45.6 Å². The van der Waals surface area contributed by atoms with Crippen LogP contribution < -0.4 is 0 Å². The molecular weight excluding hydrogens is 773 g/mol. The lowest BCUT2D eigenvalue weighted by Crippen LogP contribution is -2.53. The minimum absolute atomic E-state index is 0.558. The van der Waals surface area contributed by atoms with Crippen molar-refractivity contribution in [2.75, 3.05) is 0 Å². The van der Waals surface area contributed by atoms with E-state index in [-0.39, 0.29) is 0 Å². The van der Waals surface area contributed by atoms with Gasteiger partial charge in [0.15, 0.2) is 34.9 Å². The van der Waals surface area contributed by atoms with Gasteiger partial charge in [-0.25, -0.2) is 29.9 Å². The number of hydrogen-bond acceptors (Lipinski definition) is 7. The van der Waals surface area contributed by atoms with Crippen molar-refractivity contribution in [3.63, 3.8) is 0 Å². The van der Waals surface area contributed by atoms with E-state index in [9.17, 15) is 0 Å². The third-order valence-electron chi connectivity index (χ3n) is 12.9. The Morgan fingerprint density at radius 3 is 1.02 bits per heavy atom. The summed E-state index contributed by atoms with van der Waals surface area (Å²) in [5, 5.41) is 2.12. The van der Waals surface area contributed by atoms with Crippen LogP contribution in [-0.4, -0.2) is 29.9 Å². The average Bonchev–Trinajstić information content (AvgIpc) is 3.75. The number of para-hydroxylation sites is 1. The third kappa shape index (κ3) is 5.02. The minimum atomic E-state index is -0.951. The Balaban J connectivity index is 1.13. The van der Waals surface area contributed by atoms with Crippen molar-refractivity contribution in [1.82, 2.24) is 29.9 Å². The van der Waals surface area contributed by atoms with Crippen molar-refractivity contribution < 1.29 is 4.42 Å². The predicted molar refractivity (Wildman–Crippen MR) is 246 cm³/mol. The second kappa shape index (κ2) is 13.5. The first-order valence-corrected chi connectivity index (χ1v) is 21.1. The second-order valence-corrected chi connectivity index (χ2v) is 16.2. The lowest BCUT2D eigenvalue weighted by atomic mass is 9.46. The Morgan fingerprint density at radius 2 is 0.603 bits per heavy atom. The molecule has 0 fully saturated rings. The van der Waals surface area contributed by atoms with Crippen molar-refractivity contribution in [2.45, 2.75) is 10.8 Å². The van der Waals surface area contributed by atoms with Crippen LogP contribution in [0.4, 0.5) is 0 Å². The molecule has 0 amide bonds. The van der Waals surface area contributed by atoms with E-state index in [1.807, 2.05) is 72.8 Å². The minimum Gasteiger partial charge on any atom is -0.456 e. The first-order valence-electron chi connectivity index (χ1n) is 21.1. The van der Waals surface area contributed by atoms with Gasteiger partial charge < -0.3 is 4.42 Å². The molecule has 7 nitrogen and oxygen atoms in total. The Morgan fingerprint density at radius 1 is 0.270 bits per heavy atom. The van der Waals surface area contributed by atoms with E-state index >= 15 is 0 Å². The lowest BCUT2D eigenvalue weighted by molar-refractivity contribution is 0.517. The van der Waals surface area contributed by atoms with Crippen molar-refractivity contribution in [1.29, 1.82) is 0 Å². The van der Waals surface area contributed by atoms with Crippen molar-refractivity contribution >= 4 is 21.9 Å². The van der Waals surface area contributed by atoms with Gasteiger partial charge in [0, 0.05) is 33.0 Å². The number of benzene rings is 8. The standard InChI is InChI=1S/C56H34N6O/c1-4-18-35(19-5-1)49-57-50(36-20-6-2-7-21-36)60-53(59-49)55-41-25-11-14-28-44(41)56(45-29-15-12-26-42(45)55,46-30-16-13-27-43(46)55)54-61-51(37-22-8-3-9-23-37)58-52(62-54)38-32-33-40-39-24-10-17-31-47(39)63-48(40)34-38/h1-34H. The summed E-state index contributed by atoms with van der Waals surface area (Å²) in [6, 6.07) is 71.0. The summed E-state index contributed by atoms with van der Waals surface area (Å²) >= 11 is 0. The van der Waals surface area contributed by atoms with Gasteiger partial charge in [-0.05, 0) is 51.6 Å². The molecule has 0 N–H and O–H groups in total. The third-order valence-corrected chi connectivity index (χ3v) is 12.9. The largest absolute Gasteiger partial charge is 0.456 e. The number of fused-ring (bicyclic) bond motifs is 3. The summed E-state index contributed by atoms with van der Waals surface area (Å²) < 4.78 is 6.40. The van der Waals surface area contributed by atoms with Gasteiger partial charge in [0.2, 0.25) is 0 Å². The van der Waals surface area contributed by atoms with Crippen LogP contribution in [0.3, 0.4) is 0 Å². The van der Waals surface area contributed by atoms with E-state index in [0.29, 0.717) is 34.9 Å². The molecule has 3 aromatic heterocycles.